The van der Waals surface area contributed by atoms with Crippen molar-refractivity contribution < 1.29 is 4.74 Å². The number of ether oxygens (including phenoxy) is 1. The molecule has 0 unspecified atom stereocenters. The molecule has 1 fully saturated rings. The summed E-state index contributed by atoms with van der Waals surface area (Å²) in [4.78, 5) is 0. The molecule has 114 valence electrons. The summed E-state index contributed by atoms with van der Waals surface area (Å²) >= 11 is 0. The van der Waals surface area contributed by atoms with Crippen LogP contribution in [0.3, 0.4) is 0 Å². The molecule has 2 heterocycles. The molecule has 0 atom stereocenters. The number of H-pyrrole nitrogens is 1. The largest absolute Gasteiger partial charge is 0.379 e. The molecule has 2 N–H and O–H groups in total. The number of aromatic nitrogens is 3. The van der Waals surface area contributed by atoms with Crippen molar-refractivity contribution in [2.45, 2.75) is 26.2 Å². The average Bonchev–Trinajstić information content (AvgIpc) is 2.96. The fraction of sp³-hybridized carbons (Fsp3) is 0.500. The van der Waals surface area contributed by atoms with E-state index in [9.17, 15) is 0 Å². The summed E-state index contributed by atoms with van der Waals surface area (Å²) in [5, 5.41) is 13.8. The standard InChI is InChI=1S/C12H15N3.C4H9NO/c1-10-12(14-15-13-10)9-5-8-11-6-3-2-4-7-11;1-3-6-4-2-5-1/h2-4,6-7H,5,8-9H2,1H3,(H,13,14,15);5H,1-4H2. The predicted octanol–water partition coefficient (Wildman–Crippen LogP) is 1.89. The van der Waals surface area contributed by atoms with Gasteiger partial charge in [-0.3, -0.25) is 5.10 Å². The van der Waals surface area contributed by atoms with E-state index in [1.165, 1.54) is 5.56 Å². The Balaban J connectivity index is 0.000000225. The highest BCUT2D eigenvalue weighted by Crippen LogP contribution is 2.07. The molecule has 3 rings (SSSR count). The second kappa shape index (κ2) is 9.26. The summed E-state index contributed by atoms with van der Waals surface area (Å²) in [6, 6.07) is 10.5. The Bertz CT molecular complexity index is 482. The van der Waals surface area contributed by atoms with Crippen LogP contribution in [-0.4, -0.2) is 41.7 Å². The van der Waals surface area contributed by atoms with Crippen LogP contribution in [0.1, 0.15) is 23.4 Å². The molecule has 21 heavy (non-hydrogen) atoms. The molecule has 0 bridgehead atoms. The smallest absolute Gasteiger partial charge is 0.0853 e. The molecule has 0 amide bonds. The first-order chi connectivity index (χ1) is 10.4. The number of nitrogens with zero attached hydrogens (tertiary/aromatic N) is 2. The monoisotopic (exact) mass is 288 g/mol. The lowest BCUT2D eigenvalue weighted by Crippen LogP contribution is -2.30. The van der Waals surface area contributed by atoms with Crippen LogP contribution in [0, 0.1) is 6.92 Å². The number of aryl methyl sites for hydroxylation is 3. The number of morpholine rings is 1. The van der Waals surface area contributed by atoms with Crippen LogP contribution >= 0.6 is 0 Å². The van der Waals surface area contributed by atoms with E-state index < -0.39 is 0 Å². The topological polar surface area (TPSA) is 62.8 Å². The van der Waals surface area contributed by atoms with Gasteiger partial charge in [-0.15, -0.1) is 5.10 Å². The van der Waals surface area contributed by atoms with E-state index in [1.807, 2.05) is 13.0 Å². The normalized spacial score (nSPS) is 14.3. The highest BCUT2D eigenvalue weighted by Gasteiger charge is 2.01. The van der Waals surface area contributed by atoms with Crippen molar-refractivity contribution in [1.82, 2.24) is 20.7 Å². The van der Waals surface area contributed by atoms with E-state index in [1.54, 1.807) is 0 Å². The third-order valence-corrected chi connectivity index (χ3v) is 3.39. The lowest BCUT2D eigenvalue weighted by molar-refractivity contribution is 0.109. The van der Waals surface area contributed by atoms with E-state index >= 15 is 0 Å². The van der Waals surface area contributed by atoms with E-state index in [0.717, 1.165) is 57.0 Å². The van der Waals surface area contributed by atoms with Gasteiger partial charge in [-0.1, -0.05) is 35.5 Å². The summed E-state index contributed by atoms with van der Waals surface area (Å²) in [6.07, 6.45) is 3.22. The van der Waals surface area contributed by atoms with E-state index in [4.69, 9.17) is 4.74 Å². The Morgan fingerprint density at radius 3 is 2.38 bits per heavy atom. The van der Waals surface area contributed by atoms with Crippen molar-refractivity contribution in [2.75, 3.05) is 26.3 Å². The molecule has 1 aromatic carbocycles. The van der Waals surface area contributed by atoms with Gasteiger partial charge in [0.25, 0.3) is 0 Å². The maximum atomic E-state index is 5.01. The molecule has 0 spiro atoms. The quantitative estimate of drug-likeness (QED) is 0.902. The molecule has 5 nitrogen and oxygen atoms in total. The van der Waals surface area contributed by atoms with Crippen molar-refractivity contribution in [3.8, 4) is 0 Å². The van der Waals surface area contributed by atoms with Gasteiger partial charge in [0.2, 0.25) is 0 Å². The zero-order valence-electron chi connectivity index (χ0n) is 12.6. The first kappa shape index (κ1) is 15.7. The molecule has 1 saturated heterocycles. The fourth-order valence-corrected chi connectivity index (χ4v) is 2.16. The molecule has 1 aromatic heterocycles. The first-order valence-corrected chi connectivity index (χ1v) is 7.55. The Kier molecular flexibility index (Phi) is 6.91. The highest BCUT2D eigenvalue weighted by molar-refractivity contribution is 5.15. The molecule has 1 aliphatic rings. The maximum absolute atomic E-state index is 5.01. The Morgan fingerprint density at radius 1 is 1.10 bits per heavy atom. The molecule has 0 aliphatic carbocycles. The number of hydrogen-bond acceptors (Lipinski definition) is 4. The number of nitrogens with one attached hydrogen (secondary N) is 2. The van der Waals surface area contributed by atoms with Crippen molar-refractivity contribution in [1.29, 1.82) is 0 Å². The summed E-state index contributed by atoms with van der Waals surface area (Å²) in [7, 11) is 0. The van der Waals surface area contributed by atoms with Crippen molar-refractivity contribution in [3.05, 3.63) is 47.3 Å². The van der Waals surface area contributed by atoms with Gasteiger partial charge in [0.05, 0.1) is 24.6 Å². The van der Waals surface area contributed by atoms with Gasteiger partial charge in [0, 0.05) is 13.1 Å². The minimum absolute atomic E-state index is 0.889. The number of rotatable bonds is 4. The van der Waals surface area contributed by atoms with Crippen LogP contribution < -0.4 is 5.32 Å². The van der Waals surface area contributed by atoms with Gasteiger partial charge >= 0.3 is 0 Å². The van der Waals surface area contributed by atoms with E-state index in [-0.39, 0.29) is 0 Å². The fourth-order valence-electron chi connectivity index (χ4n) is 2.16. The SMILES string of the molecule is C1COCCN1.Cc1[nH]nnc1CCCc1ccccc1. The van der Waals surface area contributed by atoms with E-state index in [0.29, 0.717) is 0 Å². The number of hydrogen-bond donors (Lipinski definition) is 2. The molecule has 5 heteroatoms. The molecule has 0 radical (unpaired) electrons. The molecule has 0 saturated carbocycles. The lowest BCUT2D eigenvalue weighted by atomic mass is 10.1. The maximum Gasteiger partial charge on any atom is 0.0853 e. The Hall–Kier alpha value is -1.72. The van der Waals surface area contributed by atoms with Crippen LogP contribution in [0.25, 0.3) is 0 Å². The summed E-state index contributed by atoms with van der Waals surface area (Å²) < 4.78 is 5.01. The molecular formula is C16H24N4O. The van der Waals surface area contributed by atoms with Crippen LogP contribution in [0.15, 0.2) is 30.3 Å². The van der Waals surface area contributed by atoms with Gasteiger partial charge < -0.3 is 10.1 Å². The van der Waals surface area contributed by atoms with E-state index in [2.05, 4.69) is 45.0 Å². The summed E-state index contributed by atoms with van der Waals surface area (Å²) in [6.45, 7) is 5.85. The average molecular weight is 288 g/mol. The third kappa shape index (κ3) is 6.06. The Labute approximate surface area is 126 Å². The predicted molar refractivity (Wildman–Crippen MR) is 83.3 cm³/mol. The third-order valence-electron chi connectivity index (χ3n) is 3.39. The van der Waals surface area contributed by atoms with Gasteiger partial charge in [-0.2, -0.15) is 0 Å². The van der Waals surface area contributed by atoms with Gasteiger partial charge in [0.15, 0.2) is 0 Å². The number of aromatic amines is 1. The Morgan fingerprint density at radius 2 is 1.86 bits per heavy atom. The minimum atomic E-state index is 0.889. The minimum Gasteiger partial charge on any atom is -0.379 e. The zero-order valence-corrected chi connectivity index (χ0v) is 12.6. The van der Waals surface area contributed by atoms with Gasteiger partial charge in [-0.25, -0.2) is 0 Å². The van der Waals surface area contributed by atoms with Gasteiger partial charge in [0.1, 0.15) is 0 Å². The zero-order chi connectivity index (χ0) is 14.8. The highest BCUT2D eigenvalue weighted by atomic mass is 16.5. The second-order valence-corrected chi connectivity index (χ2v) is 5.09. The number of benzene rings is 1. The molecule has 2 aromatic rings. The molecular weight excluding hydrogens is 264 g/mol. The van der Waals surface area contributed by atoms with Crippen LogP contribution in [0.4, 0.5) is 0 Å². The summed E-state index contributed by atoms with van der Waals surface area (Å²) in [5.74, 6) is 0. The van der Waals surface area contributed by atoms with Crippen LogP contribution in [0.2, 0.25) is 0 Å². The summed E-state index contributed by atoms with van der Waals surface area (Å²) in [5.41, 5.74) is 3.56. The van der Waals surface area contributed by atoms with Crippen molar-refractivity contribution in [3.63, 3.8) is 0 Å². The lowest BCUT2D eigenvalue weighted by Gasteiger charge is -2.10. The van der Waals surface area contributed by atoms with Crippen LogP contribution in [0.5, 0.6) is 0 Å². The van der Waals surface area contributed by atoms with Crippen LogP contribution in [-0.2, 0) is 17.6 Å². The molecule has 1 aliphatic heterocycles. The second-order valence-electron chi connectivity index (χ2n) is 5.09. The van der Waals surface area contributed by atoms with Gasteiger partial charge in [-0.05, 0) is 31.7 Å². The van der Waals surface area contributed by atoms with Crippen molar-refractivity contribution >= 4 is 0 Å². The first-order valence-electron chi connectivity index (χ1n) is 7.55. The van der Waals surface area contributed by atoms with Crippen molar-refractivity contribution in [2.24, 2.45) is 0 Å².